The Morgan fingerprint density at radius 2 is 1.08 bits per heavy atom. The van der Waals surface area contributed by atoms with Gasteiger partial charge in [0.2, 0.25) is 0 Å². The quantitative estimate of drug-likeness (QED) is 0.247. The number of ether oxygens (including phenoxy) is 1. The first-order chi connectivity index (χ1) is 11.3. The molecular formula is C8H16Cl3O10P3. The fraction of sp³-hybridized carbons (Fsp3) is 1.00. The van der Waals surface area contributed by atoms with Crippen LogP contribution in [-0.2, 0) is 45.4 Å². The standard InChI is InChI=1S/C6H12Cl3O4P.C2H4O.O5P2/c7-1-4-11-14(10,12-5-2-8)13-6-3-9;1-2-3-1;1-6(2)5-7(3)4/h1-6H2;1-2H2;. The summed E-state index contributed by atoms with van der Waals surface area (Å²) in [4.78, 5) is 0. The van der Waals surface area contributed by atoms with Gasteiger partial charge in [0.05, 0.1) is 33.0 Å². The van der Waals surface area contributed by atoms with Crippen LogP contribution in [0.25, 0.3) is 0 Å². The fourth-order valence-electron chi connectivity index (χ4n) is 0.605. The van der Waals surface area contributed by atoms with Crippen molar-refractivity contribution in [2.24, 2.45) is 0 Å². The summed E-state index contributed by atoms with van der Waals surface area (Å²) in [6.07, 6.45) is 0. The van der Waals surface area contributed by atoms with E-state index in [0.717, 1.165) is 13.2 Å². The zero-order chi connectivity index (χ0) is 18.8. The summed E-state index contributed by atoms with van der Waals surface area (Å²) < 4.78 is 70.8. The SMILES string of the molecule is C1CO1.O=P(=O)OP(=O)=O.O=P(OCCCl)(OCCCl)OCCCl. The summed E-state index contributed by atoms with van der Waals surface area (Å²) in [5, 5.41) is 0. The Morgan fingerprint density at radius 3 is 1.21 bits per heavy atom. The molecule has 1 aliphatic heterocycles. The number of phosphoric ester groups is 1. The highest BCUT2D eigenvalue weighted by molar-refractivity contribution is 7.48. The Bertz CT molecular complexity index is 415. The van der Waals surface area contributed by atoms with Gasteiger partial charge in [-0.05, 0) is 0 Å². The maximum absolute atomic E-state index is 11.6. The van der Waals surface area contributed by atoms with E-state index in [1.807, 2.05) is 0 Å². The minimum absolute atomic E-state index is 0.0867. The van der Waals surface area contributed by atoms with Gasteiger partial charge in [-0.3, -0.25) is 13.6 Å². The second-order valence-corrected chi connectivity index (χ2v) is 7.51. The summed E-state index contributed by atoms with van der Waals surface area (Å²) in [5.74, 6) is 0.620. The summed E-state index contributed by atoms with van der Waals surface area (Å²) in [6, 6.07) is 0. The van der Waals surface area contributed by atoms with E-state index >= 15 is 0 Å². The van der Waals surface area contributed by atoms with Gasteiger partial charge in [-0.25, -0.2) is 22.8 Å². The Hall–Kier alpha value is 0.700. The van der Waals surface area contributed by atoms with Gasteiger partial charge in [0.15, 0.2) is 0 Å². The largest absolute Gasteiger partial charge is 0.481 e. The monoisotopic (exact) mass is 470 g/mol. The maximum Gasteiger partial charge on any atom is 0.481 e. The molecule has 1 aliphatic rings. The third kappa shape index (κ3) is 24.9. The van der Waals surface area contributed by atoms with Crippen LogP contribution < -0.4 is 0 Å². The lowest BCUT2D eigenvalue weighted by molar-refractivity contribution is 0.128. The van der Waals surface area contributed by atoms with Gasteiger partial charge in [-0.2, -0.15) is 4.31 Å². The van der Waals surface area contributed by atoms with Crippen molar-refractivity contribution in [3.8, 4) is 0 Å². The van der Waals surface area contributed by atoms with Crippen LogP contribution in [0.3, 0.4) is 0 Å². The number of hydrogen-bond acceptors (Lipinski definition) is 10. The van der Waals surface area contributed by atoms with Crippen LogP contribution in [-0.4, -0.2) is 50.7 Å². The first kappa shape index (κ1) is 26.9. The molecule has 0 radical (unpaired) electrons. The van der Waals surface area contributed by atoms with E-state index in [0.29, 0.717) is 0 Å². The van der Waals surface area contributed by atoms with Gasteiger partial charge >= 0.3 is 23.6 Å². The highest BCUT2D eigenvalue weighted by Gasteiger charge is 2.25. The molecule has 10 nitrogen and oxygen atoms in total. The van der Waals surface area contributed by atoms with Crippen molar-refractivity contribution in [3.05, 3.63) is 0 Å². The van der Waals surface area contributed by atoms with E-state index in [1.54, 1.807) is 0 Å². The van der Waals surface area contributed by atoms with Crippen LogP contribution >= 0.6 is 58.4 Å². The average molecular weight is 471 g/mol. The summed E-state index contributed by atoms with van der Waals surface area (Å²) in [5.41, 5.74) is 0. The van der Waals surface area contributed by atoms with Gasteiger partial charge in [-0.15, -0.1) is 34.8 Å². The summed E-state index contributed by atoms with van der Waals surface area (Å²) in [6.45, 7) is 2.26. The molecule has 144 valence electrons. The number of alkyl halides is 3. The molecule has 0 aromatic rings. The summed E-state index contributed by atoms with van der Waals surface area (Å²) in [7, 11) is -9.99. The smallest absolute Gasteiger partial charge is 0.377 e. The molecule has 1 saturated heterocycles. The third-order valence-electron chi connectivity index (χ3n) is 1.32. The van der Waals surface area contributed by atoms with Crippen molar-refractivity contribution in [3.63, 3.8) is 0 Å². The van der Waals surface area contributed by atoms with E-state index in [4.69, 9.17) is 48.4 Å². The van der Waals surface area contributed by atoms with Crippen molar-refractivity contribution in [2.75, 3.05) is 50.7 Å². The molecule has 0 saturated carbocycles. The van der Waals surface area contributed by atoms with Crippen LogP contribution in [0.5, 0.6) is 0 Å². The molecule has 1 fully saturated rings. The zero-order valence-corrected chi connectivity index (χ0v) is 17.2. The van der Waals surface area contributed by atoms with Crippen molar-refractivity contribution in [1.82, 2.24) is 0 Å². The first-order valence-electron chi connectivity index (χ1n) is 6.07. The molecule has 0 unspecified atom stereocenters. The van der Waals surface area contributed by atoms with Crippen LogP contribution in [0.1, 0.15) is 0 Å². The number of halogens is 3. The molecule has 0 spiro atoms. The minimum atomic E-state index is -3.52. The average Bonchev–Trinajstić information content (AvgIpc) is 3.37. The maximum atomic E-state index is 11.6. The number of hydrogen-bond donors (Lipinski definition) is 0. The van der Waals surface area contributed by atoms with Gasteiger partial charge in [0.25, 0.3) is 0 Å². The number of epoxide rings is 1. The predicted molar refractivity (Wildman–Crippen MR) is 86.1 cm³/mol. The second kappa shape index (κ2) is 18.5. The Labute approximate surface area is 154 Å². The van der Waals surface area contributed by atoms with Gasteiger partial charge < -0.3 is 4.74 Å². The lowest BCUT2D eigenvalue weighted by Gasteiger charge is -2.16. The molecule has 0 aromatic carbocycles. The minimum Gasteiger partial charge on any atom is -0.377 e. The topological polar surface area (TPSA) is 135 Å². The van der Waals surface area contributed by atoms with Gasteiger partial charge in [0.1, 0.15) is 0 Å². The van der Waals surface area contributed by atoms with Crippen molar-refractivity contribution in [2.45, 2.75) is 0 Å². The molecule has 0 aromatic heterocycles. The highest BCUT2D eigenvalue weighted by Crippen LogP contribution is 2.49. The van der Waals surface area contributed by atoms with Crippen molar-refractivity contribution < 1.29 is 45.4 Å². The number of rotatable bonds is 11. The summed E-state index contributed by atoms with van der Waals surface area (Å²) >= 11 is 16.1. The van der Waals surface area contributed by atoms with Gasteiger partial charge in [-0.1, -0.05) is 0 Å². The van der Waals surface area contributed by atoms with E-state index in [9.17, 15) is 22.8 Å². The molecule has 0 bridgehead atoms. The van der Waals surface area contributed by atoms with E-state index in [2.05, 4.69) is 9.05 Å². The first-order valence-corrected chi connectivity index (χ1v) is 11.3. The van der Waals surface area contributed by atoms with Crippen molar-refractivity contribution >= 4 is 58.4 Å². The lowest BCUT2D eigenvalue weighted by Crippen LogP contribution is -2.05. The van der Waals surface area contributed by atoms with Crippen LogP contribution in [0.2, 0.25) is 0 Å². The molecule has 0 amide bonds. The molecule has 0 aliphatic carbocycles. The fourth-order valence-corrected chi connectivity index (χ4v) is 2.76. The lowest BCUT2D eigenvalue weighted by atomic mass is 10.9. The zero-order valence-electron chi connectivity index (χ0n) is 12.2. The second-order valence-electron chi connectivity index (χ2n) is 3.16. The molecule has 1 heterocycles. The van der Waals surface area contributed by atoms with E-state index in [1.165, 1.54) is 0 Å². The Balaban J connectivity index is 0. The van der Waals surface area contributed by atoms with Gasteiger partial charge in [0, 0.05) is 17.6 Å². The molecule has 0 N–H and O–H groups in total. The van der Waals surface area contributed by atoms with Crippen LogP contribution in [0.15, 0.2) is 0 Å². The Kier molecular flexibility index (Phi) is 20.7. The highest BCUT2D eigenvalue weighted by atomic mass is 35.5. The molecule has 1 rings (SSSR count). The van der Waals surface area contributed by atoms with Crippen molar-refractivity contribution in [1.29, 1.82) is 0 Å². The van der Waals surface area contributed by atoms with Crippen LogP contribution in [0, 0.1) is 0 Å². The third-order valence-corrected chi connectivity index (χ3v) is 4.34. The molecule has 0 atom stereocenters. The predicted octanol–water partition coefficient (Wildman–Crippen LogP) is 4.06. The molecular weight excluding hydrogens is 455 g/mol. The number of phosphoric acid groups is 1. The van der Waals surface area contributed by atoms with E-state index in [-0.39, 0.29) is 37.5 Å². The van der Waals surface area contributed by atoms with Crippen LogP contribution in [0.4, 0.5) is 0 Å². The molecule has 16 heteroatoms. The molecule has 24 heavy (non-hydrogen) atoms. The van der Waals surface area contributed by atoms with E-state index < -0.39 is 23.6 Å². The Morgan fingerprint density at radius 1 is 0.792 bits per heavy atom. The normalized spacial score (nSPS) is 12.3.